The molecule has 1 unspecified atom stereocenters. The number of ether oxygens (including phenoxy) is 2. The van der Waals surface area contributed by atoms with Crippen LogP contribution in [0.2, 0.25) is 0 Å². The smallest absolute Gasteiger partial charge is 0.161 e. The minimum Gasteiger partial charge on any atom is -0.493 e. The summed E-state index contributed by atoms with van der Waals surface area (Å²) in [5, 5.41) is 0. The predicted molar refractivity (Wildman–Crippen MR) is 75.3 cm³/mol. The average Bonchev–Trinajstić information content (AvgIpc) is 2.34. The van der Waals surface area contributed by atoms with Crippen molar-refractivity contribution in [3.63, 3.8) is 0 Å². The maximum atomic E-state index is 6.00. The number of aryl methyl sites for hydroxylation is 1. The summed E-state index contributed by atoms with van der Waals surface area (Å²) >= 11 is 0. The number of hydrogen-bond donors (Lipinski definition) is 1. The van der Waals surface area contributed by atoms with Crippen LogP contribution < -0.4 is 15.2 Å². The van der Waals surface area contributed by atoms with Crippen molar-refractivity contribution in [1.29, 1.82) is 0 Å². The fourth-order valence-electron chi connectivity index (χ4n) is 1.76. The highest BCUT2D eigenvalue weighted by Gasteiger charge is 2.26. The van der Waals surface area contributed by atoms with E-state index in [1.165, 1.54) is 5.56 Å². The van der Waals surface area contributed by atoms with E-state index in [0.29, 0.717) is 6.54 Å². The Kier molecular flexibility index (Phi) is 5.03. The standard InChI is InChI=1S/C15H25NO2/c1-6-11-7-8-12(13(9-11)17-5)18-14(10-16)15(2,3)4/h7-9,14H,6,10,16H2,1-5H3. The molecule has 1 atom stereocenters. The van der Waals surface area contributed by atoms with E-state index >= 15 is 0 Å². The molecule has 0 aliphatic rings. The average molecular weight is 251 g/mol. The van der Waals surface area contributed by atoms with Crippen molar-refractivity contribution in [2.75, 3.05) is 13.7 Å². The van der Waals surface area contributed by atoms with Crippen LogP contribution in [0.15, 0.2) is 18.2 Å². The molecule has 0 aromatic heterocycles. The van der Waals surface area contributed by atoms with Crippen molar-refractivity contribution >= 4 is 0 Å². The van der Waals surface area contributed by atoms with Crippen molar-refractivity contribution in [3.8, 4) is 11.5 Å². The van der Waals surface area contributed by atoms with E-state index in [-0.39, 0.29) is 11.5 Å². The van der Waals surface area contributed by atoms with E-state index in [4.69, 9.17) is 15.2 Å². The Bertz CT molecular complexity index is 383. The van der Waals surface area contributed by atoms with Crippen molar-refractivity contribution in [1.82, 2.24) is 0 Å². The number of benzene rings is 1. The summed E-state index contributed by atoms with van der Waals surface area (Å²) in [6.45, 7) is 8.97. The second-order valence-electron chi connectivity index (χ2n) is 5.55. The van der Waals surface area contributed by atoms with Crippen LogP contribution in [0.4, 0.5) is 0 Å². The van der Waals surface area contributed by atoms with Crippen molar-refractivity contribution < 1.29 is 9.47 Å². The minimum atomic E-state index is -0.0288. The molecule has 18 heavy (non-hydrogen) atoms. The summed E-state index contributed by atoms with van der Waals surface area (Å²) in [7, 11) is 1.66. The van der Waals surface area contributed by atoms with Gasteiger partial charge in [-0.15, -0.1) is 0 Å². The van der Waals surface area contributed by atoms with E-state index in [9.17, 15) is 0 Å². The third kappa shape index (κ3) is 3.64. The van der Waals surface area contributed by atoms with Crippen LogP contribution in [0.5, 0.6) is 11.5 Å². The third-order valence-corrected chi connectivity index (χ3v) is 3.09. The number of hydrogen-bond acceptors (Lipinski definition) is 3. The Hall–Kier alpha value is -1.22. The second-order valence-corrected chi connectivity index (χ2v) is 5.55. The summed E-state index contributed by atoms with van der Waals surface area (Å²) in [6, 6.07) is 6.05. The van der Waals surface area contributed by atoms with Gasteiger partial charge in [0.1, 0.15) is 6.10 Å². The van der Waals surface area contributed by atoms with Crippen LogP contribution in [0.25, 0.3) is 0 Å². The first-order valence-electron chi connectivity index (χ1n) is 6.46. The Morgan fingerprint density at radius 3 is 2.33 bits per heavy atom. The molecule has 3 heteroatoms. The van der Waals surface area contributed by atoms with Gasteiger partial charge >= 0.3 is 0 Å². The lowest BCUT2D eigenvalue weighted by atomic mass is 9.89. The molecule has 0 aliphatic heterocycles. The third-order valence-electron chi connectivity index (χ3n) is 3.09. The SMILES string of the molecule is CCc1ccc(OC(CN)C(C)(C)C)c(OC)c1. The number of nitrogens with two attached hydrogens (primary N) is 1. The van der Waals surface area contributed by atoms with Gasteiger partial charge in [-0.25, -0.2) is 0 Å². The molecule has 0 saturated carbocycles. The molecular weight excluding hydrogens is 226 g/mol. The van der Waals surface area contributed by atoms with Crippen LogP contribution in [0.3, 0.4) is 0 Å². The zero-order valence-corrected chi connectivity index (χ0v) is 12.1. The fraction of sp³-hybridized carbons (Fsp3) is 0.600. The van der Waals surface area contributed by atoms with Gasteiger partial charge in [-0.2, -0.15) is 0 Å². The summed E-state index contributed by atoms with van der Waals surface area (Å²) in [6.07, 6.45) is 0.954. The molecule has 0 saturated heterocycles. The molecule has 1 rings (SSSR count). The zero-order chi connectivity index (χ0) is 13.8. The monoisotopic (exact) mass is 251 g/mol. The summed E-state index contributed by atoms with van der Waals surface area (Å²) < 4.78 is 11.4. The number of rotatable bonds is 5. The topological polar surface area (TPSA) is 44.5 Å². The fourth-order valence-corrected chi connectivity index (χ4v) is 1.76. The van der Waals surface area contributed by atoms with Gasteiger partial charge < -0.3 is 15.2 Å². The Morgan fingerprint density at radius 2 is 1.89 bits per heavy atom. The maximum Gasteiger partial charge on any atom is 0.161 e. The first kappa shape index (κ1) is 14.8. The van der Waals surface area contributed by atoms with E-state index in [0.717, 1.165) is 17.9 Å². The Labute approximate surface area is 110 Å². The van der Waals surface area contributed by atoms with E-state index in [1.54, 1.807) is 7.11 Å². The van der Waals surface area contributed by atoms with Crippen LogP contribution in [-0.4, -0.2) is 19.8 Å². The van der Waals surface area contributed by atoms with Crippen LogP contribution in [-0.2, 0) is 6.42 Å². The molecule has 0 aliphatic carbocycles. The Morgan fingerprint density at radius 1 is 1.22 bits per heavy atom. The van der Waals surface area contributed by atoms with Crippen LogP contribution >= 0.6 is 0 Å². The molecule has 0 bridgehead atoms. The summed E-state index contributed by atoms with van der Waals surface area (Å²) in [4.78, 5) is 0. The maximum absolute atomic E-state index is 6.00. The summed E-state index contributed by atoms with van der Waals surface area (Å²) in [5.74, 6) is 1.54. The van der Waals surface area contributed by atoms with Gasteiger partial charge in [0.05, 0.1) is 7.11 Å². The lowest BCUT2D eigenvalue weighted by Crippen LogP contribution is -2.38. The Balaban J connectivity index is 2.96. The highest BCUT2D eigenvalue weighted by Crippen LogP contribution is 2.32. The second kappa shape index (κ2) is 6.10. The largest absolute Gasteiger partial charge is 0.493 e. The molecule has 0 radical (unpaired) electrons. The molecule has 1 aromatic rings. The number of methoxy groups -OCH3 is 1. The van der Waals surface area contributed by atoms with E-state index in [2.05, 4.69) is 33.8 Å². The molecule has 0 spiro atoms. The quantitative estimate of drug-likeness (QED) is 0.875. The van der Waals surface area contributed by atoms with Gasteiger partial charge in [0, 0.05) is 12.0 Å². The molecule has 102 valence electrons. The minimum absolute atomic E-state index is 0.00316. The highest BCUT2D eigenvalue weighted by molar-refractivity contribution is 5.43. The molecule has 0 amide bonds. The van der Waals surface area contributed by atoms with Gasteiger partial charge in [-0.05, 0) is 24.1 Å². The molecule has 2 N–H and O–H groups in total. The van der Waals surface area contributed by atoms with Gasteiger partial charge in [0.15, 0.2) is 11.5 Å². The lowest BCUT2D eigenvalue weighted by Gasteiger charge is -2.30. The molecule has 0 fully saturated rings. The van der Waals surface area contributed by atoms with Crippen molar-refractivity contribution in [2.45, 2.75) is 40.2 Å². The molecule has 0 heterocycles. The zero-order valence-electron chi connectivity index (χ0n) is 12.1. The van der Waals surface area contributed by atoms with Gasteiger partial charge in [-0.3, -0.25) is 0 Å². The van der Waals surface area contributed by atoms with Crippen LogP contribution in [0.1, 0.15) is 33.3 Å². The normalized spacial score (nSPS) is 13.2. The van der Waals surface area contributed by atoms with Crippen LogP contribution in [0, 0.1) is 5.41 Å². The molecule has 1 aromatic carbocycles. The lowest BCUT2D eigenvalue weighted by molar-refractivity contribution is 0.0909. The van der Waals surface area contributed by atoms with Crippen molar-refractivity contribution in [3.05, 3.63) is 23.8 Å². The first-order valence-corrected chi connectivity index (χ1v) is 6.46. The summed E-state index contributed by atoms with van der Waals surface area (Å²) in [5.41, 5.74) is 7.03. The van der Waals surface area contributed by atoms with E-state index in [1.807, 2.05) is 12.1 Å². The highest BCUT2D eigenvalue weighted by atomic mass is 16.5. The van der Waals surface area contributed by atoms with Gasteiger partial charge in [0.2, 0.25) is 0 Å². The molecular formula is C15H25NO2. The predicted octanol–water partition coefficient (Wildman–Crippen LogP) is 3.01. The van der Waals surface area contributed by atoms with Gasteiger partial charge in [0.25, 0.3) is 0 Å². The van der Waals surface area contributed by atoms with Gasteiger partial charge in [-0.1, -0.05) is 33.8 Å². The molecule has 3 nitrogen and oxygen atoms in total. The van der Waals surface area contributed by atoms with Crippen molar-refractivity contribution in [2.24, 2.45) is 11.1 Å². The first-order chi connectivity index (χ1) is 8.42. The van der Waals surface area contributed by atoms with E-state index < -0.39 is 0 Å².